The molecule has 0 aromatic heterocycles. The van der Waals surface area contributed by atoms with Gasteiger partial charge in [-0.2, -0.15) is 0 Å². The average Bonchev–Trinajstić information content (AvgIpc) is 2.42. The molecule has 0 spiro atoms. The number of azide groups is 1. The first-order valence-electron chi connectivity index (χ1n) is 4.80. The molecule has 1 aliphatic rings. The van der Waals surface area contributed by atoms with E-state index in [1.807, 2.05) is 0 Å². The van der Waals surface area contributed by atoms with E-state index >= 15 is 0 Å². The zero-order valence-electron chi connectivity index (χ0n) is 8.75. The highest BCUT2D eigenvalue weighted by Crippen LogP contribution is 2.27. The van der Waals surface area contributed by atoms with Crippen molar-refractivity contribution in [1.29, 1.82) is 0 Å². The molecule has 0 N–H and O–H groups in total. The third-order valence-electron chi connectivity index (χ3n) is 2.38. The van der Waals surface area contributed by atoms with Crippen molar-refractivity contribution in [1.82, 2.24) is 4.90 Å². The normalized spacial score (nSPS) is 14.6. The van der Waals surface area contributed by atoms with Gasteiger partial charge in [-0.15, -0.1) is 0 Å². The van der Waals surface area contributed by atoms with Crippen LogP contribution < -0.4 is 4.74 Å². The van der Waals surface area contributed by atoms with Gasteiger partial charge >= 0.3 is 0 Å². The third kappa shape index (κ3) is 1.78. The molecule has 0 radical (unpaired) electrons. The molecule has 1 heterocycles. The van der Waals surface area contributed by atoms with Gasteiger partial charge in [0.1, 0.15) is 12.4 Å². The Hall–Kier alpha value is -2.20. The number of carbonyl (C=O) groups excluding carboxylic acids is 1. The lowest BCUT2D eigenvalue weighted by molar-refractivity contribution is 0.0797. The van der Waals surface area contributed by atoms with Crippen molar-refractivity contribution >= 4 is 11.6 Å². The van der Waals surface area contributed by atoms with Crippen molar-refractivity contribution in [3.05, 3.63) is 34.2 Å². The number of nitrogens with zero attached hydrogens (tertiary/aromatic N) is 4. The van der Waals surface area contributed by atoms with Gasteiger partial charge in [0.25, 0.3) is 5.91 Å². The molecule has 1 aromatic carbocycles. The fourth-order valence-corrected chi connectivity index (χ4v) is 1.52. The van der Waals surface area contributed by atoms with Crippen LogP contribution in [0.5, 0.6) is 5.75 Å². The molecule has 6 nitrogen and oxygen atoms in total. The Morgan fingerprint density at radius 3 is 3.12 bits per heavy atom. The summed E-state index contributed by atoms with van der Waals surface area (Å²) in [5.41, 5.74) is 9.17. The molecular formula is C10H10N4O2. The number of benzene rings is 1. The van der Waals surface area contributed by atoms with Gasteiger partial charge < -0.3 is 9.64 Å². The summed E-state index contributed by atoms with van der Waals surface area (Å²) in [5.74, 6) is 0.411. The van der Waals surface area contributed by atoms with E-state index in [9.17, 15) is 4.79 Å². The van der Waals surface area contributed by atoms with Crippen LogP contribution in [0.25, 0.3) is 10.4 Å². The molecular weight excluding hydrogens is 208 g/mol. The van der Waals surface area contributed by atoms with E-state index < -0.39 is 0 Å². The Labute approximate surface area is 92.1 Å². The molecule has 0 saturated carbocycles. The van der Waals surface area contributed by atoms with E-state index in [1.54, 1.807) is 30.1 Å². The minimum absolute atomic E-state index is 0.123. The summed E-state index contributed by atoms with van der Waals surface area (Å²) in [6.45, 7) is 1.01. The summed E-state index contributed by atoms with van der Waals surface area (Å²) >= 11 is 0. The third-order valence-corrected chi connectivity index (χ3v) is 2.38. The predicted molar refractivity (Wildman–Crippen MR) is 57.7 cm³/mol. The fraction of sp³-hybridized carbons (Fsp3) is 0.300. The number of likely N-dealkylation sites (N-methyl/N-ethyl adjacent to an activating group) is 1. The second-order valence-corrected chi connectivity index (χ2v) is 3.45. The zero-order valence-corrected chi connectivity index (χ0v) is 8.75. The molecule has 6 heteroatoms. The number of carbonyl (C=O) groups is 1. The Morgan fingerprint density at radius 1 is 1.56 bits per heavy atom. The summed E-state index contributed by atoms with van der Waals surface area (Å²) in [6.07, 6.45) is 0. The molecule has 82 valence electrons. The Balaban J connectivity index is 2.50. The predicted octanol–water partition coefficient (Wildman–Crippen LogP) is 2.09. The summed E-state index contributed by atoms with van der Waals surface area (Å²) in [5, 5.41) is 3.46. The summed E-state index contributed by atoms with van der Waals surface area (Å²) in [6, 6.07) is 4.81. The van der Waals surface area contributed by atoms with E-state index in [0.29, 0.717) is 30.2 Å². The molecule has 1 amide bonds. The van der Waals surface area contributed by atoms with Crippen LogP contribution in [0.15, 0.2) is 23.3 Å². The highest BCUT2D eigenvalue weighted by Gasteiger charge is 2.20. The van der Waals surface area contributed by atoms with Crippen LogP contribution in [0.1, 0.15) is 10.4 Å². The lowest BCUT2D eigenvalue weighted by Gasteiger charge is -2.12. The maximum Gasteiger partial charge on any atom is 0.257 e. The molecule has 0 fully saturated rings. The first-order chi connectivity index (χ1) is 7.72. The number of ether oxygens (including phenoxy) is 1. The minimum Gasteiger partial charge on any atom is -0.491 e. The number of fused-ring (bicyclic) bond motifs is 1. The van der Waals surface area contributed by atoms with Crippen LogP contribution in [0.3, 0.4) is 0 Å². The molecule has 0 bridgehead atoms. The van der Waals surface area contributed by atoms with Crippen molar-refractivity contribution < 1.29 is 9.53 Å². The van der Waals surface area contributed by atoms with Crippen molar-refractivity contribution in [2.75, 3.05) is 20.2 Å². The van der Waals surface area contributed by atoms with Crippen LogP contribution in [0.2, 0.25) is 0 Å². The maximum atomic E-state index is 11.9. The van der Waals surface area contributed by atoms with E-state index in [4.69, 9.17) is 10.3 Å². The van der Waals surface area contributed by atoms with Crippen LogP contribution in [0, 0.1) is 0 Å². The molecule has 0 aliphatic carbocycles. The van der Waals surface area contributed by atoms with Gasteiger partial charge in [-0.3, -0.25) is 4.79 Å². The van der Waals surface area contributed by atoms with Gasteiger partial charge in [0.05, 0.1) is 12.1 Å². The van der Waals surface area contributed by atoms with Gasteiger partial charge in [0, 0.05) is 17.6 Å². The van der Waals surface area contributed by atoms with Crippen LogP contribution >= 0.6 is 0 Å². The number of amides is 1. The van der Waals surface area contributed by atoms with Gasteiger partial charge in [0.2, 0.25) is 0 Å². The first-order valence-corrected chi connectivity index (χ1v) is 4.80. The standard InChI is InChI=1S/C10H10N4O2/c1-14-4-5-16-9-3-2-7(12-13-11)6-8(9)10(14)15/h2-3,6H,4-5H2,1H3. The fourth-order valence-electron chi connectivity index (χ4n) is 1.52. The molecule has 1 aromatic rings. The van der Waals surface area contributed by atoms with Crippen molar-refractivity contribution in [2.45, 2.75) is 0 Å². The highest BCUT2D eigenvalue weighted by molar-refractivity contribution is 5.97. The lowest BCUT2D eigenvalue weighted by Crippen LogP contribution is -2.27. The van der Waals surface area contributed by atoms with E-state index in [1.165, 1.54) is 0 Å². The number of hydrogen-bond acceptors (Lipinski definition) is 3. The highest BCUT2D eigenvalue weighted by atomic mass is 16.5. The van der Waals surface area contributed by atoms with Crippen LogP contribution in [0.4, 0.5) is 5.69 Å². The van der Waals surface area contributed by atoms with Crippen molar-refractivity contribution in [3.8, 4) is 5.75 Å². The van der Waals surface area contributed by atoms with Crippen LogP contribution in [-0.4, -0.2) is 31.0 Å². The molecule has 0 atom stereocenters. The quantitative estimate of drug-likeness (QED) is 0.411. The monoisotopic (exact) mass is 218 g/mol. The molecule has 0 unspecified atom stereocenters. The summed E-state index contributed by atoms with van der Waals surface area (Å²) in [4.78, 5) is 16.2. The van der Waals surface area contributed by atoms with E-state index in [-0.39, 0.29) is 5.91 Å². The summed E-state index contributed by atoms with van der Waals surface area (Å²) in [7, 11) is 1.71. The maximum absolute atomic E-state index is 11.9. The van der Waals surface area contributed by atoms with Gasteiger partial charge in [-0.1, -0.05) is 5.11 Å². The topological polar surface area (TPSA) is 78.3 Å². The second-order valence-electron chi connectivity index (χ2n) is 3.45. The molecule has 16 heavy (non-hydrogen) atoms. The van der Waals surface area contributed by atoms with Crippen LogP contribution in [-0.2, 0) is 0 Å². The SMILES string of the molecule is CN1CCOc2ccc(N=[N+]=[N-])cc2C1=O. The van der Waals surface area contributed by atoms with E-state index in [2.05, 4.69) is 10.0 Å². The van der Waals surface area contributed by atoms with Crippen molar-refractivity contribution in [3.63, 3.8) is 0 Å². The summed E-state index contributed by atoms with van der Waals surface area (Å²) < 4.78 is 5.43. The molecule has 1 aliphatic heterocycles. The Kier molecular flexibility index (Phi) is 2.66. The first kappa shape index (κ1) is 10.3. The zero-order chi connectivity index (χ0) is 11.5. The molecule has 0 saturated heterocycles. The van der Waals surface area contributed by atoms with Gasteiger partial charge in [-0.05, 0) is 23.7 Å². The Bertz CT molecular complexity index is 480. The second kappa shape index (κ2) is 4.12. The smallest absolute Gasteiger partial charge is 0.257 e. The molecule has 2 rings (SSSR count). The number of rotatable bonds is 1. The largest absolute Gasteiger partial charge is 0.491 e. The van der Waals surface area contributed by atoms with Crippen molar-refractivity contribution in [2.24, 2.45) is 5.11 Å². The van der Waals surface area contributed by atoms with E-state index in [0.717, 1.165) is 0 Å². The van der Waals surface area contributed by atoms with Gasteiger partial charge in [-0.25, -0.2) is 0 Å². The lowest BCUT2D eigenvalue weighted by atomic mass is 10.1. The minimum atomic E-state index is -0.123. The Morgan fingerprint density at radius 2 is 2.38 bits per heavy atom. The average molecular weight is 218 g/mol. The van der Waals surface area contributed by atoms with Gasteiger partial charge in [0.15, 0.2) is 0 Å². The number of hydrogen-bond donors (Lipinski definition) is 0.